The van der Waals surface area contributed by atoms with Crippen molar-refractivity contribution in [3.8, 4) is 22.8 Å². The monoisotopic (exact) mass is 549 g/mol. The number of aliphatic carboxylic acids is 1. The highest BCUT2D eigenvalue weighted by atomic mass is 32.2. The van der Waals surface area contributed by atoms with E-state index in [1.54, 1.807) is 31.2 Å². The molecule has 1 N–H and O–H groups in total. The fourth-order valence-corrected chi connectivity index (χ4v) is 7.17. The van der Waals surface area contributed by atoms with Gasteiger partial charge in [-0.1, -0.05) is 12.1 Å². The molecule has 39 heavy (non-hydrogen) atoms. The number of aryl methyl sites for hydroxylation is 1. The van der Waals surface area contributed by atoms with Crippen LogP contribution in [-0.4, -0.2) is 42.1 Å². The van der Waals surface area contributed by atoms with E-state index in [1.807, 2.05) is 25.1 Å². The summed E-state index contributed by atoms with van der Waals surface area (Å²) in [4.78, 5) is 15.9. The van der Waals surface area contributed by atoms with Gasteiger partial charge in [-0.3, -0.25) is 0 Å². The van der Waals surface area contributed by atoms with Gasteiger partial charge in [-0.15, -0.1) is 0 Å². The smallest absolute Gasteiger partial charge is 0.332 e. The van der Waals surface area contributed by atoms with Crippen LogP contribution in [0.25, 0.3) is 16.7 Å². The van der Waals surface area contributed by atoms with Crippen molar-refractivity contribution >= 4 is 21.4 Å². The van der Waals surface area contributed by atoms with E-state index < -0.39 is 21.9 Å². The first-order valence-corrected chi connectivity index (χ1v) is 14.8. The molecule has 6 rings (SSSR count). The number of carboxylic acids is 1. The third-order valence-electron chi connectivity index (χ3n) is 7.83. The van der Waals surface area contributed by atoms with Crippen molar-refractivity contribution in [3.63, 3.8) is 0 Å². The fourth-order valence-electron chi connectivity index (χ4n) is 5.72. The fraction of sp³-hybridized carbons (Fsp3) is 0.333. The van der Waals surface area contributed by atoms with Gasteiger partial charge in [-0.05, 0) is 85.7 Å². The van der Waals surface area contributed by atoms with Gasteiger partial charge in [0, 0.05) is 34.4 Å². The van der Waals surface area contributed by atoms with E-state index in [0.29, 0.717) is 47.7 Å². The Morgan fingerprint density at radius 3 is 2.54 bits per heavy atom. The number of sulfone groups is 1. The molecule has 0 spiro atoms. The standard InChI is InChI=1S/C30H28FNO6S/c1-16-22(6-8-27(32-16)38-20-9-11-39(35,36)12-10-20)18-3-7-26(31)24(14-18)17(2)37-21-4-5-23-19(13-21)15-25-28(23)29(25)30(33)34/h3-8,13-14,17,20,25H,9-12,15H2,1-2H3,(H,33,34)/t17?,25-/m1/s1. The molecule has 1 aliphatic heterocycles. The van der Waals surface area contributed by atoms with Crippen LogP contribution in [0.2, 0.25) is 0 Å². The van der Waals surface area contributed by atoms with Crippen molar-refractivity contribution in [2.24, 2.45) is 5.92 Å². The highest BCUT2D eigenvalue weighted by Crippen LogP contribution is 2.56. The minimum atomic E-state index is -2.96. The van der Waals surface area contributed by atoms with Gasteiger partial charge in [0.15, 0.2) is 9.84 Å². The molecule has 9 heteroatoms. The summed E-state index contributed by atoms with van der Waals surface area (Å²) < 4.78 is 50.3. The molecule has 2 heterocycles. The van der Waals surface area contributed by atoms with Crippen molar-refractivity contribution in [2.45, 2.75) is 45.3 Å². The molecule has 0 amide bonds. The molecule has 1 fully saturated rings. The zero-order chi connectivity index (χ0) is 27.5. The predicted molar refractivity (Wildman–Crippen MR) is 144 cm³/mol. The summed E-state index contributed by atoms with van der Waals surface area (Å²) in [7, 11) is -2.96. The molecule has 3 aliphatic rings. The van der Waals surface area contributed by atoms with Gasteiger partial charge in [-0.2, -0.15) is 0 Å². The lowest BCUT2D eigenvalue weighted by Crippen LogP contribution is -2.30. The van der Waals surface area contributed by atoms with Crippen LogP contribution >= 0.6 is 0 Å². The summed E-state index contributed by atoms with van der Waals surface area (Å²) in [6.45, 7) is 3.65. The van der Waals surface area contributed by atoms with Crippen LogP contribution in [0.4, 0.5) is 4.39 Å². The van der Waals surface area contributed by atoms with E-state index in [9.17, 15) is 22.7 Å². The Bertz CT molecular complexity index is 1630. The van der Waals surface area contributed by atoms with Crippen molar-refractivity contribution < 1.29 is 32.2 Å². The lowest BCUT2D eigenvalue weighted by atomic mass is 9.99. The average molecular weight is 550 g/mol. The molecule has 2 aliphatic carbocycles. The summed E-state index contributed by atoms with van der Waals surface area (Å²) in [5.41, 5.74) is 6.21. The molecule has 0 saturated carbocycles. The van der Waals surface area contributed by atoms with E-state index in [1.165, 1.54) is 6.07 Å². The van der Waals surface area contributed by atoms with Crippen molar-refractivity contribution in [2.75, 3.05) is 11.5 Å². The van der Waals surface area contributed by atoms with E-state index in [0.717, 1.165) is 27.8 Å². The van der Waals surface area contributed by atoms with E-state index in [4.69, 9.17) is 9.47 Å². The molecular weight excluding hydrogens is 521 g/mol. The molecule has 7 nitrogen and oxygen atoms in total. The SMILES string of the molecule is Cc1nc(OC2CCS(=O)(=O)CC2)ccc1-c1ccc(F)c(C(C)Oc2ccc3c(c2)C[C@H]2C(C(=O)O)=C32)c1. The second-order valence-corrected chi connectivity index (χ2v) is 12.8. The van der Waals surface area contributed by atoms with Crippen molar-refractivity contribution in [1.82, 2.24) is 4.98 Å². The minimum Gasteiger partial charge on any atom is -0.486 e. The van der Waals surface area contributed by atoms with Crippen LogP contribution in [0.1, 0.15) is 48.3 Å². The number of nitrogens with zero attached hydrogens (tertiary/aromatic N) is 1. The summed E-state index contributed by atoms with van der Waals surface area (Å²) in [6.07, 6.45) is 0.827. The number of ether oxygens (including phenoxy) is 2. The zero-order valence-electron chi connectivity index (χ0n) is 21.6. The first-order chi connectivity index (χ1) is 18.6. The molecule has 1 saturated heterocycles. The zero-order valence-corrected chi connectivity index (χ0v) is 22.4. The number of fused-ring (bicyclic) bond motifs is 3. The van der Waals surface area contributed by atoms with Crippen LogP contribution in [0.5, 0.6) is 11.6 Å². The van der Waals surface area contributed by atoms with Gasteiger partial charge < -0.3 is 14.6 Å². The predicted octanol–water partition coefficient (Wildman–Crippen LogP) is 5.32. The summed E-state index contributed by atoms with van der Waals surface area (Å²) in [5.74, 6) is 0.0974. The topological polar surface area (TPSA) is 103 Å². The normalized spacial score (nSPS) is 20.2. The lowest BCUT2D eigenvalue weighted by Gasteiger charge is -2.23. The van der Waals surface area contributed by atoms with Crippen LogP contribution in [0.3, 0.4) is 0 Å². The molecule has 1 unspecified atom stereocenters. The number of aromatic nitrogens is 1. The molecule has 3 aromatic rings. The first-order valence-electron chi connectivity index (χ1n) is 13.0. The highest BCUT2D eigenvalue weighted by molar-refractivity contribution is 7.91. The molecule has 1 aromatic heterocycles. The summed E-state index contributed by atoms with van der Waals surface area (Å²) >= 11 is 0. The second kappa shape index (κ2) is 9.48. The van der Waals surface area contributed by atoms with Gasteiger partial charge in [0.2, 0.25) is 5.88 Å². The van der Waals surface area contributed by atoms with Crippen LogP contribution in [0, 0.1) is 18.7 Å². The molecular formula is C30H28FNO6S. The quantitative estimate of drug-likeness (QED) is 0.426. The Labute approximate surface area is 226 Å². The Balaban J connectivity index is 1.17. The number of carboxylic acid groups (broad SMARTS) is 1. The number of rotatable bonds is 7. The highest BCUT2D eigenvalue weighted by Gasteiger charge is 2.47. The minimum absolute atomic E-state index is 0.00625. The molecule has 2 atom stereocenters. The maximum Gasteiger partial charge on any atom is 0.332 e. The molecule has 202 valence electrons. The van der Waals surface area contributed by atoms with Gasteiger partial charge in [0.1, 0.15) is 23.8 Å². The first kappa shape index (κ1) is 25.6. The van der Waals surface area contributed by atoms with Gasteiger partial charge >= 0.3 is 5.97 Å². The Hall–Kier alpha value is -3.72. The van der Waals surface area contributed by atoms with E-state index in [-0.39, 0.29) is 29.3 Å². The summed E-state index contributed by atoms with van der Waals surface area (Å²) in [5, 5.41) is 9.28. The van der Waals surface area contributed by atoms with Gasteiger partial charge in [0.25, 0.3) is 0 Å². The molecule has 2 aromatic carbocycles. The van der Waals surface area contributed by atoms with E-state index in [2.05, 4.69) is 4.98 Å². The van der Waals surface area contributed by atoms with Gasteiger partial charge in [-0.25, -0.2) is 22.6 Å². The lowest BCUT2D eigenvalue weighted by molar-refractivity contribution is -0.132. The van der Waals surface area contributed by atoms with Crippen molar-refractivity contribution in [3.05, 3.63) is 82.3 Å². The van der Waals surface area contributed by atoms with Crippen molar-refractivity contribution in [1.29, 1.82) is 0 Å². The Kier molecular flexibility index (Phi) is 6.21. The van der Waals surface area contributed by atoms with Gasteiger partial charge in [0.05, 0.1) is 11.5 Å². The molecule has 0 bridgehead atoms. The number of halogens is 1. The number of hydrogen-bond acceptors (Lipinski definition) is 6. The maximum absolute atomic E-state index is 14.9. The Morgan fingerprint density at radius 1 is 1.08 bits per heavy atom. The van der Waals surface area contributed by atoms with Crippen LogP contribution < -0.4 is 9.47 Å². The van der Waals surface area contributed by atoms with Crippen LogP contribution in [-0.2, 0) is 21.1 Å². The number of pyridine rings is 1. The Morgan fingerprint density at radius 2 is 1.82 bits per heavy atom. The largest absolute Gasteiger partial charge is 0.486 e. The number of allylic oxidation sites excluding steroid dienone is 1. The van der Waals surface area contributed by atoms with Crippen LogP contribution in [0.15, 0.2) is 54.1 Å². The number of hydrogen-bond donors (Lipinski definition) is 1. The van der Waals surface area contributed by atoms with E-state index >= 15 is 0 Å². The number of benzene rings is 2. The third-order valence-corrected chi connectivity index (χ3v) is 9.55. The summed E-state index contributed by atoms with van der Waals surface area (Å²) in [6, 6.07) is 14.1. The average Bonchev–Trinajstić information content (AvgIpc) is 3.48. The molecule has 0 radical (unpaired) electrons. The number of carbonyl (C=O) groups is 1. The maximum atomic E-state index is 14.9. The second-order valence-electron chi connectivity index (χ2n) is 10.5. The third kappa shape index (κ3) is 4.91.